The molecule has 3 N–H and O–H groups in total. The van der Waals surface area contributed by atoms with Gasteiger partial charge in [-0.3, -0.25) is 5.84 Å². The number of halogens is 1. The Labute approximate surface area is 128 Å². The fourth-order valence-electron chi connectivity index (χ4n) is 1.99. The molecule has 1 unspecified atom stereocenters. The largest absolute Gasteiger partial charge is 0.480 e. The van der Waals surface area contributed by atoms with Crippen LogP contribution in [0.4, 0.5) is 0 Å². The van der Waals surface area contributed by atoms with Gasteiger partial charge in [-0.1, -0.05) is 23.7 Å². The lowest BCUT2D eigenvalue weighted by molar-refractivity contribution is 0.352. The minimum Gasteiger partial charge on any atom is -0.480 e. The monoisotopic (exact) mass is 308 g/mol. The minimum atomic E-state index is -0.366. The maximum absolute atomic E-state index is 6.05. The van der Waals surface area contributed by atoms with E-state index in [2.05, 4.69) is 15.4 Å². The van der Waals surface area contributed by atoms with Crippen molar-refractivity contribution in [1.29, 1.82) is 0 Å². The van der Waals surface area contributed by atoms with E-state index in [0.29, 0.717) is 22.5 Å². The first-order valence-corrected chi connectivity index (χ1v) is 6.65. The van der Waals surface area contributed by atoms with Gasteiger partial charge in [-0.15, -0.1) is 0 Å². The number of aromatic nitrogens is 2. The Bertz CT molecular complexity index is 636. The quantitative estimate of drug-likeness (QED) is 0.649. The standard InChI is InChI=1S/C14H17ClN4O2/c1-8-6-9(4-5-10(8)15)12(19-16)13-14(21-3)18-11(20-2)7-17-13/h4-7,12,19H,16H2,1-3H3. The van der Waals surface area contributed by atoms with Crippen LogP contribution >= 0.6 is 11.6 Å². The van der Waals surface area contributed by atoms with Crippen molar-refractivity contribution in [2.75, 3.05) is 14.2 Å². The van der Waals surface area contributed by atoms with Gasteiger partial charge < -0.3 is 9.47 Å². The zero-order valence-electron chi connectivity index (χ0n) is 12.1. The Morgan fingerprint density at radius 2 is 2.05 bits per heavy atom. The van der Waals surface area contributed by atoms with Gasteiger partial charge in [0.1, 0.15) is 5.69 Å². The molecule has 7 heteroatoms. The molecule has 0 aliphatic rings. The molecule has 21 heavy (non-hydrogen) atoms. The fourth-order valence-corrected chi connectivity index (χ4v) is 2.11. The summed E-state index contributed by atoms with van der Waals surface area (Å²) in [5.74, 6) is 6.41. The highest BCUT2D eigenvalue weighted by Gasteiger charge is 2.21. The van der Waals surface area contributed by atoms with Crippen molar-refractivity contribution in [3.05, 3.63) is 46.2 Å². The Kier molecular flexibility index (Phi) is 4.95. The molecular formula is C14H17ClN4O2. The maximum atomic E-state index is 6.05. The molecule has 0 aliphatic carbocycles. The predicted octanol–water partition coefficient (Wildman–Crippen LogP) is 2.01. The summed E-state index contributed by atoms with van der Waals surface area (Å²) >= 11 is 6.05. The van der Waals surface area contributed by atoms with E-state index < -0.39 is 0 Å². The first-order valence-electron chi connectivity index (χ1n) is 6.27. The van der Waals surface area contributed by atoms with Crippen LogP contribution in [-0.2, 0) is 0 Å². The van der Waals surface area contributed by atoms with Crippen molar-refractivity contribution in [1.82, 2.24) is 15.4 Å². The fraction of sp³-hybridized carbons (Fsp3) is 0.286. The molecule has 1 atom stereocenters. The van der Waals surface area contributed by atoms with E-state index in [0.717, 1.165) is 11.1 Å². The van der Waals surface area contributed by atoms with Crippen LogP contribution in [0.15, 0.2) is 24.4 Å². The molecule has 0 spiro atoms. The zero-order chi connectivity index (χ0) is 15.4. The lowest BCUT2D eigenvalue weighted by Crippen LogP contribution is -2.30. The van der Waals surface area contributed by atoms with E-state index in [1.54, 1.807) is 0 Å². The van der Waals surface area contributed by atoms with Gasteiger partial charge in [-0.2, -0.15) is 4.98 Å². The van der Waals surface area contributed by atoms with E-state index in [1.165, 1.54) is 20.4 Å². The summed E-state index contributed by atoms with van der Waals surface area (Å²) in [5, 5.41) is 0.697. The number of hydrogen-bond donors (Lipinski definition) is 2. The summed E-state index contributed by atoms with van der Waals surface area (Å²) in [6.45, 7) is 1.93. The summed E-state index contributed by atoms with van der Waals surface area (Å²) < 4.78 is 10.3. The molecule has 0 aliphatic heterocycles. The second kappa shape index (κ2) is 6.71. The number of nitrogens with two attached hydrogens (primary N) is 1. The third kappa shape index (κ3) is 3.24. The highest BCUT2D eigenvalue weighted by atomic mass is 35.5. The smallest absolute Gasteiger partial charge is 0.240 e. The van der Waals surface area contributed by atoms with E-state index in [4.69, 9.17) is 26.9 Å². The Morgan fingerprint density at radius 3 is 2.62 bits per heavy atom. The first kappa shape index (κ1) is 15.5. The predicted molar refractivity (Wildman–Crippen MR) is 80.5 cm³/mol. The van der Waals surface area contributed by atoms with Crippen LogP contribution in [0.1, 0.15) is 22.9 Å². The SMILES string of the molecule is COc1cnc(C(NN)c2ccc(Cl)c(C)c2)c(OC)n1. The van der Waals surface area contributed by atoms with Crippen LogP contribution in [0, 0.1) is 6.92 Å². The number of methoxy groups -OCH3 is 2. The van der Waals surface area contributed by atoms with Crippen LogP contribution < -0.4 is 20.7 Å². The second-order valence-electron chi connectivity index (χ2n) is 4.42. The van der Waals surface area contributed by atoms with E-state index in [-0.39, 0.29) is 6.04 Å². The van der Waals surface area contributed by atoms with Crippen molar-refractivity contribution in [2.45, 2.75) is 13.0 Å². The van der Waals surface area contributed by atoms with Crippen LogP contribution in [0.2, 0.25) is 5.02 Å². The highest BCUT2D eigenvalue weighted by molar-refractivity contribution is 6.31. The van der Waals surface area contributed by atoms with Gasteiger partial charge in [0.15, 0.2) is 0 Å². The number of nitrogens with zero attached hydrogens (tertiary/aromatic N) is 2. The number of nitrogens with one attached hydrogen (secondary N) is 1. The molecule has 0 amide bonds. The summed E-state index contributed by atoms with van der Waals surface area (Å²) in [6, 6.07) is 5.28. The van der Waals surface area contributed by atoms with Gasteiger partial charge in [0.2, 0.25) is 11.8 Å². The van der Waals surface area contributed by atoms with Crippen LogP contribution in [-0.4, -0.2) is 24.2 Å². The normalized spacial score (nSPS) is 12.0. The first-order chi connectivity index (χ1) is 10.1. The minimum absolute atomic E-state index is 0.352. The molecule has 2 rings (SSSR count). The molecule has 0 fully saturated rings. The lowest BCUT2D eigenvalue weighted by Gasteiger charge is -2.18. The van der Waals surface area contributed by atoms with Gasteiger partial charge in [-0.25, -0.2) is 10.4 Å². The Hall–Kier alpha value is -1.89. The average Bonchev–Trinajstić information content (AvgIpc) is 2.51. The van der Waals surface area contributed by atoms with E-state index in [9.17, 15) is 0 Å². The van der Waals surface area contributed by atoms with Gasteiger partial charge in [0.25, 0.3) is 0 Å². The topological polar surface area (TPSA) is 82.3 Å². The lowest BCUT2D eigenvalue weighted by atomic mass is 10.0. The molecule has 1 aromatic heterocycles. The summed E-state index contributed by atoms with van der Waals surface area (Å²) in [4.78, 5) is 8.55. The number of hydrogen-bond acceptors (Lipinski definition) is 6. The Balaban J connectivity index is 2.47. The third-order valence-electron chi connectivity index (χ3n) is 3.10. The van der Waals surface area contributed by atoms with Crippen LogP contribution in [0.25, 0.3) is 0 Å². The summed E-state index contributed by atoms with van der Waals surface area (Å²) in [6.07, 6.45) is 1.52. The molecule has 0 saturated heterocycles. The molecule has 0 radical (unpaired) electrons. The van der Waals surface area contributed by atoms with Crippen molar-refractivity contribution < 1.29 is 9.47 Å². The highest BCUT2D eigenvalue weighted by Crippen LogP contribution is 2.29. The van der Waals surface area contributed by atoms with Crippen molar-refractivity contribution in [3.8, 4) is 11.8 Å². The molecule has 1 heterocycles. The number of ether oxygens (including phenoxy) is 2. The Morgan fingerprint density at radius 1 is 1.29 bits per heavy atom. The molecule has 0 bridgehead atoms. The van der Waals surface area contributed by atoms with Crippen molar-refractivity contribution in [2.24, 2.45) is 5.84 Å². The maximum Gasteiger partial charge on any atom is 0.240 e. The zero-order valence-corrected chi connectivity index (χ0v) is 12.8. The number of aryl methyl sites for hydroxylation is 1. The molecule has 0 saturated carbocycles. The van der Waals surface area contributed by atoms with E-state index in [1.807, 2.05) is 25.1 Å². The summed E-state index contributed by atoms with van der Waals surface area (Å²) in [7, 11) is 3.04. The molecule has 1 aromatic carbocycles. The van der Waals surface area contributed by atoms with Gasteiger partial charge in [0, 0.05) is 5.02 Å². The van der Waals surface area contributed by atoms with Gasteiger partial charge in [0.05, 0.1) is 26.5 Å². The summed E-state index contributed by atoms with van der Waals surface area (Å²) in [5.41, 5.74) is 5.17. The molecular weight excluding hydrogens is 292 g/mol. The third-order valence-corrected chi connectivity index (χ3v) is 3.53. The average molecular weight is 309 g/mol. The van der Waals surface area contributed by atoms with E-state index >= 15 is 0 Å². The van der Waals surface area contributed by atoms with Gasteiger partial charge in [-0.05, 0) is 24.1 Å². The van der Waals surface area contributed by atoms with Crippen LogP contribution in [0.5, 0.6) is 11.8 Å². The second-order valence-corrected chi connectivity index (χ2v) is 4.82. The number of hydrazine groups is 1. The van der Waals surface area contributed by atoms with Crippen molar-refractivity contribution in [3.63, 3.8) is 0 Å². The van der Waals surface area contributed by atoms with Crippen LogP contribution in [0.3, 0.4) is 0 Å². The number of benzene rings is 1. The molecule has 2 aromatic rings. The number of rotatable bonds is 5. The van der Waals surface area contributed by atoms with Gasteiger partial charge >= 0.3 is 0 Å². The molecule has 6 nitrogen and oxygen atoms in total. The van der Waals surface area contributed by atoms with Crippen molar-refractivity contribution >= 4 is 11.6 Å². The molecule has 112 valence electrons.